The van der Waals surface area contributed by atoms with Crippen LogP contribution in [-0.2, 0) is 20.7 Å². The van der Waals surface area contributed by atoms with Crippen molar-refractivity contribution in [2.45, 2.75) is 38.2 Å². The Morgan fingerprint density at radius 3 is 2.61 bits per heavy atom. The summed E-state index contributed by atoms with van der Waals surface area (Å²) in [5.74, 6) is -0.710. The molecule has 1 aliphatic heterocycles. The molecule has 1 aromatic rings. The highest BCUT2D eigenvalue weighted by molar-refractivity contribution is 5.84. The highest BCUT2D eigenvalue weighted by Gasteiger charge is 2.46. The number of benzene rings is 1. The van der Waals surface area contributed by atoms with Gasteiger partial charge in [0, 0.05) is 13.1 Å². The zero-order valence-corrected chi connectivity index (χ0v) is 13.2. The van der Waals surface area contributed by atoms with Crippen molar-refractivity contribution in [3.63, 3.8) is 0 Å². The molecule has 1 saturated heterocycles. The van der Waals surface area contributed by atoms with Gasteiger partial charge in [-0.05, 0) is 24.8 Å². The van der Waals surface area contributed by atoms with Crippen LogP contribution >= 0.6 is 0 Å². The first kappa shape index (κ1) is 16.0. The first-order valence-electron chi connectivity index (χ1n) is 8.26. The molecule has 2 aliphatic rings. The Hall–Kier alpha value is -1.88. The monoisotopic (exact) mass is 317 g/mol. The summed E-state index contributed by atoms with van der Waals surface area (Å²) in [6.07, 6.45) is 3.26. The fourth-order valence-electron chi connectivity index (χ4n) is 3.61. The maximum Gasteiger partial charge on any atom is 0.306 e. The lowest BCUT2D eigenvalue weighted by atomic mass is 9.64. The minimum absolute atomic E-state index is 0.0462. The number of ether oxygens (including phenoxy) is 1. The first-order chi connectivity index (χ1) is 11.1. The van der Waals surface area contributed by atoms with E-state index in [0.29, 0.717) is 19.7 Å². The molecular formula is C18H23NO4. The number of nitrogens with zero attached hydrogens (tertiary/aromatic N) is 1. The highest BCUT2D eigenvalue weighted by atomic mass is 16.5. The number of hydrogen-bond donors (Lipinski definition) is 1. The summed E-state index contributed by atoms with van der Waals surface area (Å²) >= 11 is 0. The van der Waals surface area contributed by atoms with E-state index in [9.17, 15) is 9.59 Å². The second-order valence-corrected chi connectivity index (χ2v) is 6.64. The Morgan fingerprint density at radius 2 is 2.00 bits per heavy atom. The molecule has 5 heteroatoms. The first-order valence-corrected chi connectivity index (χ1v) is 8.26. The third-order valence-electron chi connectivity index (χ3n) is 4.98. The fourth-order valence-corrected chi connectivity index (χ4v) is 3.61. The van der Waals surface area contributed by atoms with Crippen LogP contribution in [0.25, 0.3) is 0 Å². The lowest BCUT2D eigenvalue weighted by Gasteiger charge is -2.45. The van der Waals surface area contributed by atoms with Crippen molar-refractivity contribution in [3.05, 3.63) is 35.9 Å². The topological polar surface area (TPSA) is 66.8 Å². The number of carbonyl (C=O) groups excluding carboxylic acids is 1. The van der Waals surface area contributed by atoms with Gasteiger partial charge >= 0.3 is 5.97 Å². The molecule has 1 N–H and O–H groups in total. The molecule has 124 valence electrons. The van der Waals surface area contributed by atoms with Crippen LogP contribution in [-0.4, -0.2) is 47.7 Å². The minimum Gasteiger partial charge on any atom is -0.481 e. The summed E-state index contributed by atoms with van der Waals surface area (Å²) in [7, 11) is 0. The van der Waals surface area contributed by atoms with Gasteiger partial charge in [0.05, 0.1) is 24.5 Å². The number of rotatable bonds is 5. The van der Waals surface area contributed by atoms with Crippen molar-refractivity contribution in [3.8, 4) is 0 Å². The molecule has 1 amide bonds. The maximum absolute atomic E-state index is 13.1. The largest absolute Gasteiger partial charge is 0.481 e. The molecule has 5 nitrogen and oxygen atoms in total. The quantitative estimate of drug-likeness (QED) is 0.903. The van der Waals surface area contributed by atoms with E-state index >= 15 is 0 Å². The third kappa shape index (κ3) is 3.55. The average Bonchev–Trinajstić information content (AvgIpc) is 2.51. The van der Waals surface area contributed by atoms with E-state index < -0.39 is 5.97 Å². The van der Waals surface area contributed by atoms with Crippen LogP contribution in [0.4, 0.5) is 0 Å². The van der Waals surface area contributed by atoms with Gasteiger partial charge in [-0.3, -0.25) is 9.59 Å². The van der Waals surface area contributed by atoms with Gasteiger partial charge < -0.3 is 14.7 Å². The van der Waals surface area contributed by atoms with Gasteiger partial charge in [0.1, 0.15) is 0 Å². The fraction of sp³-hybridized carbons (Fsp3) is 0.556. The molecule has 0 bridgehead atoms. The second-order valence-electron chi connectivity index (χ2n) is 6.64. The van der Waals surface area contributed by atoms with Crippen molar-refractivity contribution in [1.82, 2.24) is 4.90 Å². The van der Waals surface area contributed by atoms with Crippen molar-refractivity contribution in [2.75, 3.05) is 19.7 Å². The van der Waals surface area contributed by atoms with Gasteiger partial charge in [-0.2, -0.15) is 0 Å². The molecule has 1 aromatic carbocycles. The summed E-state index contributed by atoms with van der Waals surface area (Å²) in [6, 6.07) is 10.1. The molecule has 2 fully saturated rings. The molecule has 1 aliphatic carbocycles. The van der Waals surface area contributed by atoms with Crippen molar-refractivity contribution < 1.29 is 19.4 Å². The normalized spacial score (nSPS) is 23.1. The van der Waals surface area contributed by atoms with Gasteiger partial charge in [0.15, 0.2) is 0 Å². The van der Waals surface area contributed by atoms with Crippen LogP contribution in [0.3, 0.4) is 0 Å². The highest BCUT2D eigenvalue weighted by Crippen LogP contribution is 2.45. The Labute approximate surface area is 136 Å². The van der Waals surface area contributed by atoms with Gasteiger partial charge in [-0.1, -0.05) is 36.8 Å². The Kier molecular flexibility index (Phi) is 4.66. The van der Waals surface area contributed by atoms with Gasteiger partial charge in [-0.15, -0.1) is 0 Å². The average molecular weight is 317 g/mol. The molecule has 0 unspecified atom stereocenters. The molecule has 3 rings (SSSR count). The third-order valence-corrected chi connectivity index (χ3v) is 4.98. The molecule has 0 aromatic heterocycles. The summed E-state index contributed by atoms with van der Waals surface area (Å²) < 4.78 is 5.48. The number of aliphatic carboxylic acids is 1. The van der Waals surface area contributed by atoms with E-state index in [4.69, 9.17) is 9.84 Å². The predicted octanol–water partition coefficient (Wildman–Crippen LogP) is 2.10. The van der Waals surface area contributed by atoms with E-state index in [2.05, 4.69) is 12.1 Å². The van der Waals surface area contributed by atoms with E-state index in [1.807, 2.05) is 23.1 Å². The zero-order valence-electron chi connectivity index (χ0n) is 13.2. The Bertz CT molecular complexity index is 568. The van der Waals surface area contributed by atoms with E-state index in [1.165, 1.54) is 5.56 Å². The predicted molar refractivity (Wildman–Crippen MR) is 85.0 cm³/mol. The molecule has 1 saturated carbocycles. The smallest absolute Gasteiger partial charge is 0.306 e. The summed E-state index contributed by atoms with van der Waals surface area (Å²) in [6.45, 7) is 1.37. The number of carboxylic acids is 1. The molecule has 0 radical (unpaired) electrons. The SMILES string of the molecule is O=C(O)C[C@@H]1CN(C(=O)C2(Cc3ccccc3)CCC2)CCO1. The minimum atomic E-state index is -0.882. The lowest BCUT2D eigenvalue weighted by molar-refractivity contribution is -0.158. The molecule has 1 atom stereocenters. The Balaban J connectivity index is 1.68. The number of carbonyl (C=O) groups is 2. The summed E-state index contributed by atoms with van der Waals surface area (Å²) in [5, 5.41) is 8.92. The van der Waals surface area contributed by atoms with Crippen LogP contribution in [0.2, 0.25) is 0 Å². The van der Waals surface area contributed by atoms with Crippen LogP contribution in [0.15, 0.2) is 30.3 Å². The number of morpholine rings is 1. The summed E-state index contributed by atoms with van der Waals surface area (Å²) in [4.78, 5) is 25.7. The van der Waals surface area contributed by atoms with Crippen molar-refractivity contribution >= 4 is 11.9 Å². The van der Waals surface area contributed by atoms with Crippen LogP contribution in [0.1, 0.15) is 31.2 Å². The van der Waals surface area contributed by atoms with Crippen LogP contribution < -0.4 is 0 Å². The van der Waals surface area contributed by atoms with E-state index in [1.54, 1.807) is 0 Å². The van der Waals surface area contributed by atoms with Crippen molar-refractivity contribution in [2.24, 2.45) is 5.41 Å². The number of hydrogen-bond acceptors (Lipinski definition) is 3. The van der Waals surface area contributed by atoms with E-state index in [0.717, 1.165) is 25.7 Å². The number of amides is 1. The standard InChI is InChI=1S/C18H23NO4/c20-16(21)11-15-13-19(9-10-23-15)17(22)18(7-4-8-18)12-14-5-2-1-3-6-14/h1-3,5-6,15H,4,7-13H2,(H,20,21)/t15-/m1/s1. The second kappa shape index (κ2) is 6.71. The van der Waals surface area contributed by atoms with Crippen LogP contribution in [0.5, 0.6) is 0 Å². The molecule has 23 heavy (non-hydrogen) atoms. The maximum atomic E-state index is 13.1. The van der Waals surface area contributed by atoms with Gasteiger partial charge in [-0.25, -0.2) is 0 Å². The van der Waals surface area contributed by atoms with Gasteiger partial charge in [0.25, 0.3) is 0 Å². The summed E-state index contributed by atoms with van der Waals surface area (Å²) in [5.41, 5.74) is 0.892. The Morgan fingerprint density at radius 1 is 1.26 bits per heavy atom. The van der Waals surface area contributed by atoms with E-state index in [-0.39, 0.29) is 23.8 Å². The molecule has 1 heterocycles. The van der Waals surface area contributed by atoms with Gasteiger partial charge in [0.2, 0.25) is 5.91 Å². The zero-order chi connectivity index (χ0) is 16.3. The number of carboxylic acid groups (broad SMARTS) is 1. The lowest BCUT2D eigenvalue weighted by Crippen LogP contribution is -2.54. The van der Waals surface area contributed by atoms with Crippen LogP contribution in [0, 0.1) is 5.41 Å². The van der Waals surface area contributed by atoms with Crippen molar-refractivity contribution in [1.29, 1.82) is 0 Å². The molecular weight excluding hydrogens is 294 g/mol. The molecule has 0 spiro atoms.